The number of aryl methyl sites for hydroxylation is 1. The van der Waals surface area contributed by atoms with Crippen molar-refractivity contribution < 1.29 is 5.11 Å². The van der Waals surface area contributed by atoms with E-state index < -0.39 is 0 Å². The number of aromatic hydroxyl groups is 1. The monoisotopic (exact) mass is 225 g/mol. The number of benzene rings is 1. The number of hydrogen-bond donors (Lipinski definition) is 2. The molecule has 0 aliphatic carbocycles. The van der Waals surface area contributed by atoms with E-state index >= 15 is 0 Å². The van der Waals surface area contributed by atoms with Crippen LogP contribution in [-0.4, -0.2) is 11.7 Å². The number of rotatable bonds is 1. The highest BCUT2D eigenvalue weighted by molar-refractivity contribution is 6.31. The molecule has 1 fully saturated rings. The first-order chi connectivity index (χ1) is 7.18. The molecule has 1 atom stereocenters. The Kier molecular flexibility index (Phi) is 3.17. The van der Waals surface area contributed by atoms with E-state index in [9.17, 15) is 5.11 Å². The molecule has 0 bridgehead atoms. The third-order valence-electron chi connectivity index (χ3n) is 2.99. The van der Waals surface area contributed by atoms with Crippen molar-refractivity contribution in [3.8, 4) is 5.75 Å². The standard InChI is InChI=1S/C12H16ClNO/c1-8-6-12(15)9(7-10(8)13)11-4-2-3-5-14-11/h6-7,11,14-15H,2-5H2,1H3. The van der Waals surface area contributed by atoms with E-state index in [2.05, 4.69) is 5.32 Å². The van der Waals surface area contributed by atoms with E-state index in [0.29, 0.717) is 5.75 Å². The van der Waals surface area contributed by atoms with Crippen molar-refractivity contribution in [1.82, 2.24) is 5.32 Å². The van der Waals surface area contributed by atoms with Crippen LogP contribution >= 0.6 is 11.6 Å². The minimum absolute atomic E-state index is 0.261. The molecule has 1 aromatic rings. The molecule has 0 spiro atoms. The zero-order valence-corrected chi connectivity index (χ0v) is 9.64. The van der Waals surface area contributed by atoms with Crippen molar-refractivity contribution in [3.05, 3.63) is 28.3 Å². The maximum atomic E-state index is 9.87. The molecule has 1 unspecified atom stereocenters. The summed E-state index contributed by atoms with van der Waals surface area (Å²) in [6, 6.07) is 3.89. The van der Waals surface area contributed by atoms with E-state index in [1.807, 2.05) is 13.0 Å². The van der Waals surface area contributed by atoms with Crippen LogP contribution in [0.4, 0.5) is 0 Å². The lowest BCUT2D eigenvalue weighted by Gasteiger charge is -2.24. The Bertz CT molecular complexity index is 359. The largest absolute Gasteiger partial charge is 0.508 e. The zero-order valence-electron chi connectivity index (χ0n) is 8.89. The average molecular weight is 226 g/mol. The molecule has 2 N–H and O–H groups in total. The number of halogens is 1. The highest BCUT2D eigenvalue weighted by Gasteiger charge is 2.18. The third-order valence-corrected chi connectivity index (χ3v) is 3.40. The van der Waals surface area contributed by atoms with Crippen LogP contribution in [0.15, 0.2) is 12.1 Å². The van der Waals surface area contributed by atoms with Gasteiger partial charge in [-0.2, -0.15) is 0 Å². The van der Waals surface area contributed by atoms with Crippen LogP contribution in [0.25, 0.3) is 0 Å². The lowest BCUT2D eigenvalue weighted by Crippen LogP contribution is -2.26. The van der Waals surface area contributed by atoms with Crippen LogP contribution in [0, 0.1) is 6.92 Å². The fourth-order valence-corrected chi connectivity index (χ4v) is 2.25. The first-order valence-electron chi connectivity index (χ1n) is 5.41. The number of nitrogens with one attached hydrogen (secondary N) is 1. The van der Waals surface area contributed by atoms with Gasteiger partial charge in [-0.1, -0.05) is 18.0 Å². The fourth-order valence-electron chi connectivity index (χ4n) is 2.08. The summed E-state index contributed by atoms with van der Waals surface area (Å²) in [5.74, 6) is 0.358. The number of piperidine rings is 1. The molecule has 0 amide bonds. The SMILES string of the molecule is Cc1cc(O)c(C2CCCCN2)cc1Cl. The normalized spacial score (nSPS) is 21.6. The molecule has 0 saturated carbocycles. The summed E-state index contributed by atoms with van der Waals surface area (Å²) in [5.41, 5.74) is 1.86. The second-order valence-electron chi connectivity index (χ2n) is 4.16. The molecular formula is C12H16ClNO. The summed E-state index contributed by atoms with van der Waals surface area (Å²) in [7, 11) is 0. The molecule has 2 rings (SSSR count). The molecule has 1 saturated heterocycles. The van der Waals surface area contributed by atoms with Gasteiger partial charge in [0.25, 0.3) is 0 Å². The van der Waals surface area contributed by atoms with Crippen molar-refractivity contribution in [2.45, 2.75) is 32.2 Å². The summed E-state index contributed by atoms with van der Waals surface area (Å²) in [5, 5.41) is 14.0. The summed E-state index contributed by atoms with van der Waals surface area (Å²) in [4.78, 5) is 0. The molecule has 82 valence electrons. The van der Waals surface area contributed by atoms with Gasteiger partial charge in [-0.15, -0.1) is 0 Å². The Labute approximate surface area is 95.3 Å². The molecule has 2 nitrogen and oxygen atoms in total. The van der Waals surface area contributed by atoms with Gasteiger partial charge in [-0.3, -0.25) is 0 Å². The van der Waals surface area contributed by atoms with Crippen LogP contribution in [0.5, 0.6) is 5.75 Å². The van der Waals surface area contributed by atoms with Gasteiger partial charge in [0.2, 0.25) is 0 Å². The molecule has 1 aliphatic heterocycles. The quantitative estimate of drug-likeness (QED) is 0.770. The molecule has 1 aliphatic rings. The van der Waals surface area contributed by atoms with Gasteiger partial charge in [0.1, 0.15) is 5.75 Å². The van der Waals surface area contributed by atoms with Crippen LogP contribution in [0.2, 0.25) is 5.02 Å². The van der Waals surface area contributed by atoms with Crippen LogP contribution in [0.1, 0.15) is 36.4 Å². The van der Waals surface area contributed by atoms with Crippen molar-refractivity contribution in [3.63, 3.8) is 0 Å². The van der Waals surface area contributed by atoms with Crippen LogP contribution in [-0.2, 0) is 0 Å². The summed E-state index contributed by atoms with van der Waals surface area (Å²) < 4.78 is 0. The van der Waals surface area contributed by atoms with Crippen molar-refractivity contribution in [2.24, 2.45) is 0 Å². The highest BCUT2D eigenvalue weighted by atomic mass is 35.5. The van der Waals surface area contributed by atoms with Gasteiger partial charge in [0, 0.05) is 16.6 Å². The number of phenolic OH excluding ortho intramolecular Hbond substituents is 1. The van der Waals surface area contributed by atoms with Gasteiger partial charge < -0.3 is 10.4 Å². The fraction of sp³-hybridized carbons (Fsp3) is 0.500. The van der Waals surface area contributed by atoms with Gasteiger partial charge >= 0.3 is 0 Å². The van der Waals surface area contributed by atoms with E-state index in [0.717, 1.165) is 29.1 Å². The molecule has 0 aromatic heterocycles. The second kappa shape index (κ2) is 4.42. The Morgan fingerprint density at radius 3 is 2.87 bits per heavy atom. The van der Waals surface area contributed by atoms with Gasteiger partial charge in [-0.05, 0) is 44.0 Å². The minimum atomic E-state index is 0.261. The van der Waals surface area contributed by atoms with Crippen molar-refractivity contribution in [1.29, 1.82) is 0 Å². The third kappa shape index (κ3) is 2.27. The van der Waals surface area contributed by atoms with Gasteiger partial charge in [0.15, 0.2) is 0 Å². The number of hydrogen-bond acceptors (Lipinski definition) is 2. The maximum Gasteiger partial charge on any atom is 0.120 e. The molecule has 15 heavy (non-hydrogen) atoms. The molecular weight excluding hydrogens is 210 g/mol. The lowest BCUT2D eigenvalue weighted by molar-refractivity contribution is 0.391. The van der Waals surface area contributed by atoms with E-state index in [1.165, 1.54) is 12.8 Å². The van der Waals surface area contributed by atoms with Crippen LogP contribution in [0.3, 0.4) is 0 Å². The summed E-state index contributed by atoms with van der Waals surface area (Å²) >= 11 is 6.07. The minimum Gasteiger partial charge on any atom is -0.508 e. The predicted molar refractivity (Wildman–Crippen MR) is 62.4 cm³/mol. The molecule has 0 radical (unpaired) electrons. The van der Waals surface area contributed by atoms with Crippen LogP contribution < -0.4 is 5.32 Å². The predicted octanol–water partition coefficient (Wildman–Crippen LogP) is 3.17. The lowest BCUT2D eigenvalue weighted by atomic mass is 9.96. The Hall–Kier alpha value is -0.730. The van der Waals surface area contributed by atoms with E-state index in [4.69, 9.17) is 11.6 Å². The first kappa shape index (κ1) is 10.8. The maximum absolute atomic E-state index is 9.87. The van der Waals surface area contributed by atoms with Crippen molar-refractivity contribution >= 4 is 11.6 Å². The topological polar surface area (TPSA) is 32.3 Å². The molecule has 3 heteroatoms. The van der Waals surface area contributed by atoms with Crippen molar-refractivity contribution in [2.75, 3.05) is 6.54 Å². The summed E-state index contributed by atoms with van der Waals surface area (Å²) in [6.07, 6.45) is 3.51. The van der Waals surface area contributed by atoms with Gasteiger partial charge in [-0.25, -0.2) is 0 Å². The van der Waals surface area contributed by atoms with E-state index in [-0.39, 0.29) is 6.04 Å². The Balaban J connectivity index is 2.30. The molecule has 1 aromatic carbocycles. The van der Waals surface area contributed by atoms with E-state index in [1.54, 1.807) is 6.07 Å². The second-order valence-corrected chi connectivity index (χ2v) is 4.57. The first-order valence-corrected chi connectivity index (χ1v) is 5.78. The smallest absolute Gasteiger partial charge is 0.120 e. The average Bonchev–Trinajstić information content (AvgIpc) is 2.25. The molecule has 1 heterocycles. The Morgan fingerprint density at radius 1 is 1.40 bits per heavy atom. The Morgan fingerprint density at radius 2 is 2.20 bits per heavy atom. The number of phenols is 1. The zero-order chi connectivity index (χ0) is 10.8. The van der Waals surface area contributed by atoms with Gasteiger partial charge in [0.05, 0.1) is 0 Å². The highest BCUT2D eigenvalue weighted by Crippen LogP contribution is 2.33. The summed E-state index contributed by atoms with van der Waals surface area (Å²) in [6.45, 7) is 2.93.